The first kappa shape index (κ1) is 16.4. The van der Waals surface area contributed by atoms with Crippen molar-refractivity contribution in [3.05, 3.63) is 0 Å². The molecule has 3 nitrogen and oxygen atoms in total. The van der Waals surface area contributed by atoms with E-state index in [0.29, 0.717) is 24.7 Å². The molecule has 1 aliphatic carbocycles. The minimum absolute atomic E-state index is 0.0485. The van der Waals surface area contributed by atoms with Crippen LogP contribution in [-0.2, 0) is 9.59 Å². The van der Waals surface area contributed by atoms with E-state index in [-0.39, 0.29) is 23.5 Å². The topological polar surface area (TPSA) is 61.8 Å². The van der Waals surface area contributed by atoms with Crippen LogP contribution >= 0.6 is 0 Å². The van der Waals surface area contributed by atoms with Gasteiger partial charge in [0.1, 0.15) is 11.6 Å². The van der Waals surface area contributed by atoms with Gasteiger partial charge >= 0.3 is 0 Å². The summed E-state index contributed by atoms with van der Waals surface area (Å²) in [6.07, 6.45) is 6.38. The first-order chi connectivity index (χ1) is 9.01. The zero-order valence-corrected chi connectivity index (χ0v) is 12.8. The van der Waals surface area contributed by atoms with E-state index in [2.05, 4.69) is 12.7 Å². The lowest BCUT2D eigenvalue weighted by atomic mass is 9.73. The van der Waals surface area contributed by atoms with Crippen LogP contribution in [0, 0.1) is 23.7 Å². The summed E-state index contributed by atoms with van der Waals surface area (Å²) >= 11 is 0. The van der Waals surface area contributed by atoms with Gasteiger partial charge in [-0.2, -0.15) is 0 Å². The molecule has 0 saturated heterocycles. The first-order valence-electron chi connectivity index (χ1n) is 7.83. The van der Waals surface area contributed by atoms with Crippen LogP contribution < -0.4 is 5.73 Å². The molecule has 1 rings (SSSR count). The molecule has 0 bridgehead atoms. The molecule has 0 aliphatic heterocycles. The van der Waals surface area contributed by atoms with Gasteiger partial charge in [0.2, 0.25) is 0 Å². The van der Waals surface area contributed by atoms with Crippen LogP contribution in [0.2, 0.25) is 0 Å². The standard InChI is InChI=1S/C16H29NO2/c1-4-13-7-5-6-8-14(13)16(19)9-11(2)15(10-17)12(3)18/h11,13-15H,4-10,17H2,1-3H3/p+1/t11-,13-,14+,15+/m1/s1. The number of Topliss-reactive ketones (excluding diaryl/α,β-unsaturated/α-hetero) is 2. The smallest absolute Gasteiger partial charge is 0.138 e. The van der Waals surface area contributed by atoms with Crippen LogP contribution in [-0.4, -0.2) is 18.1 Å². The molecule has 0 aromatic carbocycles. The molecule has 0 spiro atoms. The van der Waals surface area contributed by atoms with Gasteiger partial charge in [0, 0.05) is 12.3 Å². The van der Waals surface area contributed by atoms with Crippen molar-refractivity contribution < 1.29 is 15.3 Å². The minimum Gasteiger partial charge on any atom is -0.357 e. The second-order valence-corrected chi connectivity index (χ2v) is 6.21. The third-order valence-corrected chi connectivity index (χ3v) is 4.89. The highest BCUT2D eigenvalue weighted by atomic mass is 16.1. The molecule has 0 amide bonds. The summed E-state index contributed by atoms with van der Waals surface area (Å²) in [7, 11) is 0. The predicted molar refractivity (Wildman–Crippen MR) is 76.5 cm³/mol. The van der Waals surface area contributed by atoms with Crippen LogP contribution in [0.5, 0.6) is 0 Å². The van der Waals surface area contributed by atoms with E-state index in [0.717, 1.165) is 12.8 Å². The van der Waals surface area contributed by atoms with Crippen LogP contribution in [0.25, 0.3) is 0 Å². The van der Waals surface area contributed by atoms with Gasteiger partial charge < -0.3 is 5.73 Å². The fourth-order valence-electron chi connectivity index (χ4n) is 3.62. The van der Waals surface area contributed by atoms with Crippen molar-refractivity contribution in [1.29, 1.82) is 0 Å². The van der Waals surface area contributed by atoms with Gasteiger partial charge in [-0.1, -0.05) is 33.1 Å². The summed E-state index contributed by atoms with van der Waals surface area (Å²) in [6, 6.07) is 0. The van der Waals surface area contributed by atoms with E-state index in [1.807, 2.05) is 6.92 Å². The van der Waals surface area contributed by atoms with Crippen LogP contribution in [0.15, 0.2) is 0 Å². The maximum Gasteiger partial charge on any atom is 0.138 e. The van der Waals surface area contributed by atoms with Crippen LogP contribution in [0.3, 0.4) is 0 Å². The Balaban J connectivity index is 2.59. The van der Waals surface area contributed by atoms with Crippen molar-refractivity contribution in [3.63, 3.8) is 0 Å². The molecular weight excluding hydrogens is 238 g/mol. The maximum absolute atomic E-state index is 12.5. The zero-order chi connectivity index (χ0) is 14.4. The predicted octanol–water partition coefficient (Wildman–Crippen LogP) is 2.25. The Morgan fingerprint density at radius 1 is 1.26 bits per heavy atom. The van der Waals surface area contributed by atoms with Gasteiger partial charge in [-0.05, 0) is 31.6 Å². The fourth-order valence-corrected chi connectivity index (χ4v) is 3.62. The monoisotopic (exact) mass is 268 g/mol. The number of quaternary nitrogens is 1. The molecule has 0 heterocycles. The Labute approximate surface area is 117 Å². The van der Waals surface area contributed by atoms with E-state index in [1.165, 1.54) is 19.3 Å². The quantitative estimate of drug-likeness (QED) is 0.769. The SMILES string of the molecule is CC[C@@H]1CCCC[C@@H]1C(=O)C[C@@H](C)[C@H](C[NH3+])C(C)=O. The molecule has 0 unspecified atom stereocenters. The third kappa shape index (κ3) is 4.41. The van der Waals surface area contributed by atoms with E-state index < -0.39 is 0 Å². The number of hydrogen-bond acceptors (Lipinski definition) is 2. The molecule has 19 heavy (non-hydrogen) atoms. The van der Waals surface area contributed by atoms with Gasteiger partial charge in [-0.15, -0.1) is 0 Å². The first-order valence-corrected chi connectivity index (χ1v) is 7.83. The lowest BCUT2D eigenvalue weighted by Gasteiger charge is -2.31. The van der Waals surface area contributed by atoms with Crippen molar-refractivity contribution in [1.82, 2.24) is 0 Å². The van der Waals surface area contributed by atoms with Gasteiger partial charge in [0.25, 0.3) is 0 Å². The normalized spacial score (nSPS) is 26.7. The second kappa shape index (κ2) is 7.78. The zero-order valence-electron chi connectivity index (χ0n) is 12.8. The van der Waals surface area contributed by atoms with Crippen molar-refractivity contribution in [2.24, 2.45) is 23.7 Å². The second-order valence-electron chi connectivity index (χ2n) is 6.21. The summed E-state index contributed by atoms with van der Waals surface area (Å²) in [4.78, 5) is 24.0. The molecule has 3 heteroatoms. The number of carbonyl (C=O) groups is 2. The van der Waals surface area contributed by atoms with Gasteiger partial charge in [-0.25, -0.2) is 0 Å². The largest absolute Gasteiger partial charge is 0.357 e. The molecular formula is C16H30NO2+. The summed E-state index contributed by atoms with van der Waals surface area (Å²) in [5.74, 6) is 1.47. The number of rotatable bonds is 7. The molecule has 3 N–H and O–H groups in total. The molecule has 1 fully saturated rings. The van der Waals surface area contributed by atoms with Crippen LogP contribution in [0.4, 0.5) is 0 Å². The van der Waals surface area contributed by atoms with E-state index >= 15 is 0 Å². The van der Waals surface area contributed by atoms with Crippen molar-refractivity contribution in [3.8, 4) is 0 Å². The Bertz CT molecular complexity index is 314. The van der Waals surface area contributed by atoms with Crippen molar-refractivity contribution in [2.45, 2.75) is 59.3 Å². The number of carbonyl (C=O) groups excluding carboxylic acids is 2. The molecule has 0 radical (unpaired) electrons. The lowest BCUT2D eigenvalue weighted by molar-refractivity contribution is -0.378. The Kier molecular flexibility index (Phi) is 6.70. The summed E-state index contributed by atoms with van der Waals surface area (Å²) < 4.78 is 0. The molecule has 110 valence electrons. The number of ketones is 2. The number of hydrogen-bond donors (Lipinski definition) is 1. The fraction of sp³-hybridized carbons (Fsp3) is 0.875. The highest BCUT2D eigenvalue weighted by Gasteiger charge is 2.32. The minimum atomic E-state index is -0.0485. The lowest BCUT2D eigenvalue weighted by Crippen LogP contribution is -2.56. The average molecular weight is 268 g/mol. The van der Waals surface area contributed by atoms with Crippen LogP contribution in [0.1, 0.15) is 59.3 Å². The van der Waals surface area contributed by atoms with Crippen molar-refractivity contribution >= 4 is 11.6 Å². The maximum atomic E-state index is 12.5. The Morgan fingerprint density at radius 3 is 2.42 bits per heavy atom. The van der Waals surface area contributed by atoms with Gasteiger partial charge in [0.05, 0.1) is 12.5 Å². The van der Waals surface area contributed by atoms with E-state index in [1.54, 1.807) is 6.92 Å². The summed E-state index contributed by atoms with van der Waals surface area (Å²) in [5.41, 5.74) is 3.85. The van der Waals surface area contributed by atoms with Gasteiger partial charge in [0.15, 0.2) is 0 Å². The molecule has 0 aromatic rings. The molecule has 1 aliphatic rings. The Morgan fingerprint density at radius 2 is 1.89 bits per heavy atom. The Hall–Kier alpha value is -0.700. The summed E-state index contributed by atoms with van der Waals surface area (Å²) in [5, 5.41) is 0. The van der Waals surface area contributed by atoms with E-state index in [4.69, 9.17) is 0 Å². The molecule has 1 saturated carbocycles. The molecule has 0 aromatic heterocycles. The van der Waals surface area contributed by atoms with Crippen molar-refractivity contribution in [2.75, 3.05) is 6.54 Å². The third-order valence-electron chi connectivity index (χ3n) is 4.89. The average Bonchev–Trinajstić information content (AvgIpc) is 2.38. The van der Waals surface area contributed by atoms with Gasteiger partial charge in [-0.3, -0.25) is 9.59 Å². The van der Waals surface area contributed by atoms with E-state index in [9.17, 15) is 9.59 Å². The highest BCUT2D eigenvalue weighted by Crippen LogP contribution is 2.34. The highest BCUT2D eigenvalue weighted by molar-refractivity contribution is 5.83. The molecule has 4 atom stereocenters. The summed E-state index contributed by atoms with van der Waals surface area (Å²) in [6.45, 7) is 6.44.